The summed E-state index contributed by atoms with van der Waals surface area (Å²) in [6, 6.07) is 15.9. The fraction of sp³-hybridized carbons (Fsp3) is 0.118. The molecule has 1 aromatic heterocycles. The number of pyridine rings is 1. The number of aromatic nitrogens is 1. The quantitative estimate of drug-likeness (QED) is 0.759. The first kappa shape index (κ1) is 14.0. The number of hydrogen-bond acceptors (Lipinski definition) is 3. The Kier molecular flexibility index (Phi) is 3.90. The van der Waals surface area contributed by atoms with E-state index in [9.17, 15) is 0 Å². The Morgan fingerprint density at radius 2 is 1.95 bits per heavy atom. The van der Waals surface area contributed by atoms with E-state index >= 15 is 0 Å². The molecule has 21 heavy (non-hydrogen) atoms. The zero-order chi connectivity index (χ0) is 14.8. The second-order valence-corrected chi connectivity index (χ2v) is 5.74. The molecule has 3 nitrogen and oxygen atoms in total. The second kappa shape index (κ2) is 5.84. The lowest BCUT2D eigenvalue weighted by molar-refractivity contribution is 0.455. The average Bonchev–Trinajstić information content (AvgIpc) is 2.49. The van der Waals surface area contributed by atoms with Crippen molar-refractivity contribution in [3.05, 3.63) is 64.1 Å². The number of halogens is 1. The van der Waals surface area contributed by atoms with Gasteiger partial charge in [-0.25, -0.2) is 4.98 Å². The second-order valence-electron chi connectivity index (χ2n) is 4.89. The summed E-state index contributed by atoms with van der Waals surface area (Å²) >= 11 is 3.52. The molecular formula is C17H15BrN2O. The van der Waals surface area contributed by atoms with Gasteiger partial charge in [0.2, 0.25) is 5.88 Å². The molecule has 0 bridgehead atoms. The minimum atomic E-state index is 0.386. The maximum Gasteiger partial charge on any atom is 0.224 e. The third-order valence-electron chi connectivity index (χ3n) is 3.28. The van der Waals surface area contributed by atoms with Crippen molar-refractivity contribution in [2.45, 2.75) is 13.5 Å². The fourth-order valence-corrected chi connectivity index (χ4v) is 2.74. The third kappa shape index (κ3) is 2.91. The minimum Gasteiger partial charge on any atom is -0.437 e. The van der Waals surface area contributed by atoms with Crippen molar-refractivity contribution in [1.82, 2.24) is 4.98 Å². The van der Waals surface area contributed by atoms with Crippen LogP contribution in [0.25, 0.3) is 10.9 Å². The summed E-state index contributed by atoms with van der Waals surface area (Å²) in [4.78, 5) is 4.58. The number of hydrogen-bond donors (Lipinski definition) is 1. The topological polar surface area (TPSA) is 48.1 Å². The molecule has 0 amide bonds. The predicted octanol–water partition coefficient (Wildman–Crippen LogP) is 4.56. The van der Waals surface area contributed by atoms with Gasteiger partial charge < -0.3 is 10.5 Å². The zero-order valence-corrected chi connectivity index (χ0v) is 13.2. The smallest absolute Gasteiger partial charge is 0.224 e. The van der Waals surface area contributed by atoms with Crippen LogP contribution in [0.4, 0.5) is 0 Å². The van der Waals surface area contributed by atoms with E-state index in [1.54, 1.807) is 0 Å². The Morgan fingerprint density at radius 1 is 1.14 bits per heavy atom. The number of nitrogens with two attached hydrogens (primary N) is 1. The van der Waals surface area contributed by atoms with Crippen molar-refractivity contribution in [2.24, 2.45) is 5.73 Å². The molecule has 0 saturated heterocycles. The predicted molar refractivity (Wildman–Crippen MR) is 88.6 cm³/mol. The van der Waals surface area contributed by atoms with E-state index in [4.69, 9.17) is 10.5 Å². The van der Waals surface area contributed by atoms with E-state index in [2.05, 4.69) is 20.9 Å². The molecule has 2 N–H and O–H groups in total. The summed E-state index contributed by atoms with van der Waals surface area (Å²) in [6.07, 6.45) is 0. The molecule has 1 heterocycles. The molecule has 4 heteroatoms. The van der Waals surface area contributed by atoms with E-state index in [0.717, 1.165) is 26.7 Å². The summed E-state index contributed by atoms with van der Waals surface area (Å²) in [5, 5.41) is 1.06. The van der Waals surface area contributed by atoms with Crippen LogP contribution in [0, 0.1) is 6.92 Å². The Hall–Kier alpha value is -1.91. The summed E-state index contributed by atoms with van der Waals surface area (Å²) in [6.45, 7) is 2.42. The first-order valence-electron chi connectivity index (χ1n) is 6.70. The van der Waals surface area contributed by atoms with Gasteiger partial charge in [-0.3, -0.25) is 0 Å². The Labute approximate surface area is 131 Å². The first-order valence-corrected chi connectivity index (χ1v) is 7.49. The highest BCUT2D eigenvalue weighted by Gasteiger charge is 2.10. The monoisotopic (exact) mass is 342 g/mol. The van der Waals surface area contributed by atoms with Gasteiger partial charge in [0.1, 0.15) is 5.75 Å². The Morgan fingerprint density at radius 3 is 2.71 bits per heavy atom. The SMILES string of the molecule is Cc1ccc(Oc2nc3ccccc3cc2CN)c(Br)c1. The number of nitrogens with zero attached hydrogens (tertiary/aromatic N) is 1. The number of benzene rings is 2. The van der Waals surface area contributed by atoms with Gasteiger partial charge in [-0.05, 0) is 52.7 Å². The van der Waals surface area contributed by atoms with Crippen LogP contribution in [0.15, 0.2) is 53.0 Å². The van der Waals surface area contributed by atoms with Crippen molar-refractivity contribution in [1.29, 1.82) is 0 Å². The van der Waals surface area contributed by atoms with Crippen LogP contribution in [0.2, 0.25) is 0 Å². The molecule has 0 aliphatic heterocycles. The fourth-order valence-electron chi connectivity index (χ4n) is 2.17. The first-order chi connectivity index (χ1) is 10.2. The van der Waals surface area contributed by atoms with Gasteiger partial charge in [0.25, 0.3) is 0 Å². The number of rotatable bonds is 3. The standard InChI is InChI=1S/C17H15BrN2O/c1-11-6-7-16(14(18)8-11)21-17-13(10-19)9-12-4-2-3-5-15(12)20-17/h2-9H,10,19H2,1H3. The van der Waals surface area contributed by atoms with Crippen LogP contribution >= 0.6 is 15.9 Å². The maximum absolute atomic E-state index is 5.96. The largest absolute Gasteiger partial charge is 0.437 e. The zero-order valence-electron chi connectivity index (χ0n) is 11.6. The summed E-state index contributed by atoms with van der Waals surface area (Å²) in [7, 11) is 0. The van der Waals surface area contributed by atoms with Gasteiger partial charge in [-0.15, -0.1) is 0 Å². The lowest BCUT2D eigenvalue weighted by Crippen LogP contribution is -2.02. The number of ether oxygens (including phenoxy) is 1. The number of para-hydroxylation sites is 1. The molecule has 3 aromatic rings. The molecule has 0 aliphatic carbocycles. The van der Waals surface area contributed by atoms with Gasteiger partial charge in [0, 0.05) is 17.5 Å². The molecule has 2 aromatic carbocycles. The lowest BCUT2D eigenvalue weighted by Gasteiger charge is -2.12. The molecule has 106 valence electrons. The van der Waals surface area contributed by atoms with Gasteiger partial charge >= 0.3 is 0 Å². The normalized spacial score (nSPS) is 10.8. The molecule has 0 saturated carbocycles. The van der Waals surface area contributed by atoms with Crippen molar-refractivity contribution in [3.8, 4) is 11.6 Å². The van der Waals surface area contributed by atoms with Gasteiger partial charge in [0.15, 0.2) is 0 Å². The van der Waals surface area contributed by atoms with Crippen molar-refractivity contribution >= 4 is 26.8 Å². The van der Waals surface area contributed by atoms with Crippen LogP contribution in [-0.4, -0.2) is 4.98 Å². The van der Waals surface area contributed by atoms with Crippen molar-refractivity contribution in [2.75, 3.05) is 0 Å². The average molecular weight is 343 g/mol. The molecular weight excluding hydrogens is 328 g/mol. The van der Waals surface area contributed by atoms with Crippen LogP contribution in [0.1, 0.15) is 11.1 Å². The highest BCUT2D eigenvalue weighted by molar-refractivity contribution is 9.10. The van der Waals surface area contributed by atoms with E-state index < -0.39 is 0 Å². The molecule has 0 spiro atoms. The highest BCUT2D eigenvalue weighted by atomic mass is 79.9. The number of fused-ring (bicyclic) bond motifs is 1. The molecule has 0 atom stereocenters. The maximum atomic E-state index is 5.96. The van der Waals surface area contributed by atoms with Crippen LogP contribution in [0.5, 0.6) is 11.6 Å². The number of aryl methyl sites for hydroxylation is 1. The van der Waals surface area contributed by atoms with Gasteiger partial charge in [0.05, 0.1) is 9.99 Å². The summed E-state index contributed by atoms with van der Waals surface area (Å²) in [5.74, 6) is 1.29. The highest BCUT2D eigenvalue weighted by Crippen LogP contribution is 2.32. The Bertz CT molecular complexity index is 802. The van der Waals surface area contributed by atoms with Crippen molar-refractivity contribution in [3.63, 3.8) is 0 Å². The van der Waals surface area contributed by atoms with E-state index in [1.807, 2.05) is 55.5 Å². The van der Waals surface area contributed by atoms with E-state index in [0.29, 0.717) is 12.4 Å². The van der Waals surface area contributed by atoms with E-state index in [-0.39, 0.29) is 0 Å². The third-order valence-corrected chi connectivity index (χ3v) is 3.90. The minimum absolute atomic E-state index is 0.386. The Balaban J connectivity index is 2.06. The van der Waals surface area contributed by atoms with Crippen LogP contribution in [0.3, 0.4) is 0 Å². The van der Waals surface area contributed by atoms with Crippen LogP contribution < -0.4 is 10.5 Å². The lowest BCUT2D eigenvalue weighted by atomic mass is 10.1. The molecule has 0 aliphatic rings. The molecule has 0 radical (unpaired) electrons. The van der Waals surface area contributed by atoms with Gasteiger partial charge in [-0.1, -0.05) is 24.3 Å². The van der Waals surface area contributed by atoms with Crippen molar-refractivity contribution < 1.29 is 4.74 Å². The molecule has 0 unspecified atom stereocenters. The molecule has 0 fully saturated rings. The summed E-state index contributed by atoms with van der Waals surface area (Å²) < 4.78 is 6.86. The van der Waals surface area contributed by atoms with Crippen LogP contribution in [-0.2, 0) is 6.54 Å². The van der Waals surface area contributed by atoms with E-state index in [1.165, 1.54) is 5.56 Å². The van der Waals surface area contributed by atoms with Gasteiger partial charge in [-0.2, -0.15) is 0 Å². The summed E-state index contributed by atoms with van der Waals surface area (Å²) in [5.41, 5.74) is 8.78. The molecule has 3 rings (SSSR count).